The Morgan fingerprint density at radius 1 is 0.914 bits per heavy atom. The van der Waals surface area contributed by atoms with E-state index in [1.54, 1.807) is 30.5 Å². The van der Waals surface area contributed by atoms with E-state index in [-0.39, 0.29) is 17.7 Å². The first kappa shape index (κ1) is 23.9. The number of rotatable bonds is 9. The van der Waals surface area contributed by atoms with Gasteiger partial charge in [0.25, 0.3) is 0 Å². The van der Waals surface area contributed by atoms with Gasteiger partial charge in [-0.3, -0.25) is 9.80 Å². The summed E-state index contributed by atoms with van der Waals surface area (Å²) >= 11 is 0. The first-order chi connectivity index (χ1) is 17.2. The molecule has 2 saturated heterocycles. The van der Waals surface area contributed by atoms with E-state index in [4.69, 9.17) is 9.15 Å². The molecule has 0 N–H and O–H groups in total. The number of likely N-dealkylation sites (tertiary alicyclic amines) is 1. The van der Waals surface area contributed by atoms with Crippen molar-refractivity contribution in [2.24, 2.45) is 0 Å². The molecule has 2 fully saturated rings. The van der Waals surface area contributed by atoms with Crippen molar-refractivity contribution in [3.8, 4) is 0 Å². The lowest BCUT2D eigenvalue weighted by molar-refractivity contribution is 0.0576. The van der Waals surface area contributed by atoms with E-state index in [1.807, 2.05) is 12.1 Å². The molecule has 2 aliphatic rings. The molecule has 4 nitrogen and oxygen atoms in total. The highest BCUT2D eigenvalue weighted by Crippen LogP contribution is 2.31. The molecule has 6 heteroatoms. The standard InChI is InChI=1S/C29H32F2N2O2/c30-24-9-5-22(6-10-24)29(23-7-11-25(31)12-8-23)35-20-18-32-17-15-26-13-14-27(21-32)33(26)16-1-3-28-4-2-19-34-28/h1-12,19,26-27,29H,13-18,20-21H2/b3-1+. The Bertz CT molecular complexity index is 1040. The van der Waals surface area contributed by atoms with E-state index in [1.165, 1.54) is 37.1 Å². The molecule has 3 heterocycles. The number of ether oxygens (including phenoxy) is 1. The number of nitrogens with zero attached hydrogens (tertiary/aromatic N) is 2. The fourth-order valence-corrected chi connectivity index (χ4v) is 5.38. The SMILES string of the molecule is Fc1ccc(C(OCCN2CCC3CCC(C2)N3C/C=C/c2ccco2)c2ccc(F)cc2)cc1. The molecule has 0 aliphatic carbocycles. The van der Waals surface area contributed by atoms with Crippen molar-refractivity contribution in [1.82, 2.24) is 9.80 Å². The molecule has 35 heavy (non-hydrogen) atoms. The topological polar surface area (TPSA) is 28.9 Å². The Labute approximate surface area is 205 Å². The molecular formula is C29H32F2N2O2. The molecular weight excluding hydrogens is 446 g/mol. The molecule has 5 rings (SSSR count). The van der Waals surface area contributed by atoms with E-state index in [0.717, 1.165) is 49.5 Å². The molecule has 0 saturated carbocycles. The monoisotopic (exact) mass is 478 g/mol. The number of hydrogen-bond acceptors (Lipinski definition) is 4. The van der Waals surface area contributed by atoms with Gasteiger partial charge >= 0.3 is 0 Å². The van der Waals surface area contributed by atoms with Crippen LogP contribution in [0.15, 0.2) is 77.4 Å². The van der Waals surface area contributed by atoms with Crippen LogP contribution in [0.2, 0.25) is 0 Å². The van der Waals surface area contributed by atoms with Gasteiger partial charge in [0.1, 0.15) is 23.5 Å². The fraction of sp³-hybridized carbons (Fsp3) is 0.379. The summed E-state index contributed by atoms with van der Waals surface area (Å²) in [5.74, 6) is 0.326. The van der Waals surface area contributed by atoms with Gasteiger partial charge in [-0.15, -0.1) is 0 Å². The van der Waals surface area contributed by atoms with Gasteiger partial charge in [-0.25, -0.2) is 8.78 Å². The van der Waals surface area contributed by atoms with Crippen molar-refractivity contribution in [3.63, 3.8) is 0 Å². The Morgan fingerprint density at radius 2 is 1.60 bits per heavy atom. The second-order valence-corrected chi connectivity index (χ2v) is 9.44. The molecule has 2 aliphatic heterocycles. The van der Waals surface area contributed by atoms with E-state index in [2.05, 4.69) is 22.0 Å². The van der Waals surface area contributed by atoms with Crippen molar-refractivity contribution in [2.75, 3.05) is 32.8 Å². The van der Waals surface area contributed by atoms with Crippen LogP contribution in [-0.2, 0) is 4.74 Å². The van der Waals surface area contributed by atoms with Gasteiger partial charge < -0.3 is 9.15 Å². The molecule has 2 aromatic carbocycles. The maximum absolute atomic E-state index is 13.5. The summed E-state index contributed by atoms with van der Waals surface area (Å²) in [7, 11) is 0. The third-order valence-electron chi connectivity index (χ3n) is 7.20. The third-order valence-corrected chi connectivity index (χ3v) is 7.20. The Kier molecular flexibility index (Phi) is 7.72. The summed E-state index contributed by atoms with van der Waals surface area (Å²) in [6, 6.07) is 17.8. The van der Waals surface area contributed by atoms with Gasteiger partial charge in [0, 0.05) is 31.7 Å². The molecule has 2 unspecified atom stereocenters. The van der Waals surface area contributed by atoms with Gasteiger partial charge in [0.15, 0.2) is 0 Å². The highest BCUT2D eigenvalue weighted by atomic mass is 19.1. The minimum atomic E-state index is -0.358. The molecule has 2 bridgehead atoms. The summed E-state index contributed by atoms with van der Waals surface area (Å²) in [6.45, 7) is 4.41. The van der Waals surface area contributed by atoms with Crippen LogP contribution in [0, 0.1) is 11.6 Å². The number of benzene rings is 2. The maximum Gasteiger partial charge on any atom is 0.126 e. The lowest BCUT2D eigenvalue weighted by atomic mass is 10.0. The van der Waals surface area contributed by atoms with E-state index < -0.39 is 0 Å². The van der Waals surface area contributed by atoms with E-state index in [9.17, 15) is 8.78 Å². The smallest absolute Gasteiger partial charge is 0.126 e. The average Bonchev–Trinajstić information content (AvgIpc) is 3.47. The number of halogens is 2. The predicted molar refractivity (Wildman–Crippen MR) is 133 cm³/mol. The third kappa shape index (κ3) is 6.07. The average molecular weight is 479 g/mol. The zero-order valence-corrected chi connectivity index (χ0v) is 19.9. The molecule has 3 aromatic rings. The van der Waals surface area contributed by atoms with Crippen molar-refractivity contribution in [1.29, 1.82) is 0 Å². The van der Waals surface area contributed by atoms with Crippen molar-refractivity contribution < 1.29 is 17.9 Å². The summed E-state index contributed by atoms with van der Waals surface area (Å²) in [5, 5.41) is 0. The van der Waals surface area contributed by atoms with Crippen LogP contribution in [0.4, 0.5) is 8.78 Å². The molecule has 0 spiro atoms. The first-order valence-corrected chi connectivity index (χ1v) is 12.5. The second kappa shape index (κ2) is 11.3. The summed E-state index contributed by atoms with van der Waals surface area (Å²) in [4.78, 5) is 5.14. The zero-order valence-electron chi connectivity index (χ0n) is 19.9. The highest BCUT2D eigenvalue weighted by Gasteiger charge is 2.36. The number of fused-ring (bicyclic) bond motifs is 2. The van der Waals surface area contributed by atoms with Crippen LogP contribution < -0.4 is 0 Å². The van der Waals surface area contributed by atoms with Crippen molar-refractivity contribution in [2.45, 2.75) is 37.5 Å². The summed E-state index contributed by atoms with van der Waals surface area (Å²) in [5.41, 5.74) is 1.73. The predicted octanol–water partition coefficient (Wildman–Crippen LogP) is 5.92. The second-order valence-electron chi connectivity index (χ2n) is 9.44. The van der Waals surface area contributed by atoms with Crippen molar-refractivity contribution in [3.05, 3.63) is 102 Å². The molecule has 2 atom stereocenters. The number of hydrogen-bond donors (Lipinski definition) is 0. The van der Waals surface area contributed by atoms with E-state index >= 15 is 0 Å². The summed E-state index contributed by atoms with van der Waals surface area (Å²) < 4.78 is 38.7. The number of furan rings is 1. The quantitative estimate of drug-likeness (QED) is 0.382. The van der Waals surface area contributed by atoms with Crippen LogP contribution in [0.1, 0.15) is 42.3 Å². The Hall–Kier alpha value is -2.80. The normalized spacial score (nSPS) is 21.2. The molecule has 184 valence electrons. The molecule has 0 amide bonds. The highest BCUT2D eigenvalue weighted by molar-refractivity contribution is 5.42. The van der Waals surface area contributed by atoms with Gasteiger partial charge in [0.2, 0.25) is 0 Å². The summed E-state index contributed by atoms with van der Waals surface area (Å²) in [6.07, 6.45) is 9.25. The van der Waals surface area contributed by atoms with Gasteiger partial charge in [-0.1, -0.05) is 30.3 Å². The lowest BCUT2D eigenvalue weighted by Gasteiger charge is -2.28. The largest absolute Gasteiger partial charge is 0.465 e. The van der Waals surface area contributed by atoms with Crippen LogP contribution >= 0.6 is 0 Å². The minimum Gasteiger partial charge on any atom is -0.465 e. The first-order valence-electron chi connectivity index (χ1n) is 12.5. The zero-order chi connectivity index (χ0) is 24.0. The Balaban J connectivity index is 1.18. The lowest BCUT2D eigenvalue weighted by Crippen LogP contribution is -2.40. The van der Waals surface area contributed by atoms with Crippen molar-refractivity contribution >= 4 is 6.08 Å². The Morgan fingerprint density at radius 3 is 2.26 bits per heavy atom. The van der Waals surface area contributed by atoms with Crippen LogP contribution in [0.5, 0.6) is 0 Å². The van der Waals surface area contributed by atoms with Gasteiger partial charge in [-0.2, -0.15) is 0 Å². The van der Waals surface area contributed by atoms with E-state index in [0.29, 0.717) is 18.7 Å². The van der Waals surface area contributed by atoms with Crippen LogP contribution in [0.3, 0.4) is 0 Å². The van der Waals surface area contributed by atoms with Gasteiger partial charge in [-0.05, 0) is 79.4 Å². The van der Waals surface area contributed by atoms with Crippen LogP contribution in [0.25, 0.3) is 6.08 Å². The van der Waals surface area contributed by atoms with Gasteiger partial charge in [0.05, 0.1) is 12.9 Å². The fourth-order valence-electron chi connectivity index (χ4n) is 5.38. The molecule has 1 aromatic heterocycles. The minimum absolute atomic E-state index is 0.283. The van der Waals surface area contributed by atoms with Crippen LogP contribution in [-0.4, -0.2) is 54.7 Å². The maximum atomic E-state index is 13.5. The molecule has 0 radical (unpaired) electrons.